The van der Waals surface area contributed by atoms with Crippen molar-refractivity contribution in [1.82, 2.24) is 10.3 Å². The van der Waals surface area contributed by atoms with Gasteiger partial charge < -0.3 is 5.32 Å². The standard InChI is InChI=1S/C18H30N2/c1-15(2)12-20-14-18(17-10-7-11-19-13-17)16-8-5-3-4-6-9-16/h7,10-11,13,15-16,18,20H,3-6,8-9,12,14H2,1-2H3. The van der Waals surface area contributed by atoms with Gasteiger partial charge in [0.05, 0.1) is 0 Å². The van der Waals surface area contributed by atoms with E-state index in [0.29, 0.717) is 5.92 Å². The van der Waals surface area contributed by atoms with Gasteiger partial charge in [-0.25, -0.2) is 0 Å². The molecule has 0 bridgehead atoms. The van der Waals surface area contributed by atoms with Gasteiger partial charge in [-0.3, -0.25) is 4.98 Å². The van der Waals surface area contributed by atoms with Crippen molar-refractivity contribution in [3.05, 3.63) is 30.1 Å². The van der Waals surface area contributed by atoms with Crippen LogP contribution in [0.2, 0.25) is 0 Å². The molecule has 1 fully saturated rings. The highest BCUT2D eigenvalue weighted by Gasteiger charge is 2.24. The molecule has 0 amide bonds. The highest BCUT2D eigenvalue weighted by atomic mass is 14.9. The Morgan fingerprint density at radius 1 is 1.15 bits per heavy atom. The Balaban J connectivity index is 2.02. The fraction of sp³-hybridized carbons (Fsp3) is 0.722. The molecule has 2 heteroatoms. The summed E-state index contributed by atoms with van der Waals surface area (Å²) in [6.07, 6.45) is 12.4. The summed E-state index contributed by atoms with van der Waals surface area (Å²) in [5.41, 5.74) is 1.43. The van der Waals surface area contributed by atoms with Gasteiger partial charge in [0.2, 0.25) is 0 Å². The zero-order valence-electron chi connectivity index (χ0n) is 13.1. The summed E-state index contributed by atoms with van der Waals surface area (Å²) in [6.45, 7) is 6.77. The van der Waals surface area contributed by atoms with Crippen molar-refractivity contribution in [1.29, 1.82) is 0 Å². The van der Waals surface area contributed by atoms with Crippen LogP contribution in [-0.4, -0.2) is 18.1 Å². The normalized spacial score (nSPS) is 18.9. The van der Waals surface area contributed by atoms with E-state index in [-0.39, 0.29) is 0 Å². The highest BCUT2D eigenvalue weighted by molar-refractivity contribution is 5.16. The minimum Gasteiger partial charge on any atom is -0.316 e. The highest BCUT2D eigenvalue weighted by Crippen LogP contribution is 2.34. The van der Waals surface area contributed by atoms with E-state index < -0.39 is 0 Å². The molecule has 0 saturated heterocycles. The van der Waals surface area contributed by atoms with Crippen LogP contribution in [0.25, 0.3) is 0 Å². The lowest BCUT2D eigenvalue weighted by molar-refractivity contribution is 0.355. The minimum atomic E-state index is 0.639. The first-order chi connectivity index (χ1) is 9.77. The van der Waals surface area contributed by atoms with Crippen LogP contribution >= 0.6 is 0 Å². The van der Waals surface area contributed by atoms with Crippen LogP contribution in [0.4, 0.5) is 0 Å². The Morgan fingerprint density at radius 2 is 1.90 bits per heavy atom. The van der Waals surface area contributed by atoms with Gasteiger partial charge in [-0.05, 0) is 42.9 Å². The lowest BCUT2D eigenvalue weighted by Gasteiger charge is -2.27. The van der Waals surface area contributed by atoms with Gasteiger partial charge in [-0.1, -0.05) is 45.6 Å². The Hall–Kier alpha value is -0.890. The van der Waals surface area contributed by atoms with Crippen molar-refractivity contribution in [3.8, 4) is 0 Å². The molecule has 1 aliphatic carbocycles. The van der Waals surface area contributed by atoms with Gasteiger partial charge >= 0.3 is 0 Å². The molecule has 1 saturated carbocycles. The molecule has 1 atom stereocenters. The predicted molar refractivity (Wildman–Crippen MR) is 85.9 cm³/mol. The van der Waals surface area contributed by atoms with Crippen molar-refractivity contribution in [2.24, 2.45) is 11.8 Å². The maximum atomic E-state index is 4.34. The Morgan fingerprint density at radius 3 is 2.50 bits per heavy atom. The summed E-state index contributed by atoms with van der Waals surface area (Å²) >= 11 is 0. The van der Waals surface area contributed by atoms with Crippen LogP contribution in [0.1, 0.15) is 63.9 Å². The second kappa shape index (κ2) is 8.41. The molecular formula is C18H30N2. The first-order valence-corrected chi connectivity index (χ1v) is 8.38. The summed E-state index contributed by atoms with van der Waals surface area (Å²) < 4.78 is 0. The van der Waals surface area contributed by atoms with E-state index in [1.165, 1.54) is 44.1 Å². The largest absolute Gasteiger partial charge is 0.316 e. The Kier molecular flexibility index (Phi) is 6.52. The molecule has 0 aromatic carbocycles. The smallest absolute Gasteiger partial charge is 0.0303 e. The van der Waals surface area contributed by atoms with E-state index in [0.717, 1.165) is 24.9 Å². The Labute approximate surface area is 124 Å². The molecule has 0 aliphatic heterocycles. The molecule has 1 N–H and O–H groups in total. The Bertz CT molecular complexity index is 353. The number of hydrogen-bond acceptors (Lipinski definition) is 2. The molecular weight excluding hydrogens is 244 g/mol. The van der Waals surface area contributed by atoms with Gasteiger partial charge in [-0.15, -0.1) is 0 Å². The quantitative estimate of drug-likeness (QED) is 0.779. The van der Waals surface area contributed by atoms with E-state index in [9.17, 15) is 0 Å². The third-order valence-electron chi connectivity index (χ3n) is 4.50. The zero-order valence-corrected chi connectivity index (χ0v) is 13.1. The fourth-order valence-electron chi connectivity index (χ4n) is 3.39. The molecule has 0 spiro atoms. The van der Waals surface area contributed by atoms with Crippen LogP contribution < -0.4 is 5.32 Å². The van der Waals surface area contributed by atoms with Gasteiger partial charge in [-0.2, -0.15) is 0 Å². The number of rotatable bonds is 6. The third-order valence-corrected chi connectivity index (χ3v) is 4.50. The first kappa shape index (κ1) is 15.5. The molecule has 20 heavy (non-hydrogen) atoms. The van der Waals surface area contributed by atoms with E-state index in [4.69, 9.17) is 0 Å². The lowest BCUT2D eigenvalue weighted by atomic mass is 9.82. The second-order valence-electron chi connectivity index (χ2n) is 6.70. The monoisotopic (exact) mass is 274 g/mol. The third kappa shape index (κ3) is 4.90. The average molecular weight is 274 g/mol. The van der Waals surface area contributed by atoms with Crippen molar-refractivity contribution in [2.75, 3.05) is 13.1 Å². The molecule has 1 heterocycles. The maximum Gasteiger partial charge on any atom is 0.0303 e. The molecule has 2 rings (SSSR count). The van der Waals surface area contributed by atoms with Gasteiger partial charge in [0, 0.05) is 24.9 Å². The lowest BCUT2D eigenvalue weighted by Crippen LogP contribution is -2.29. The van der Waals surface area contributed by atoms with Crippen molar-refractivity contribution in [2.45, 2.75) is 58.3 Å². The summed E-state index contributed by atoms with van der Waals surface area (Å²) in [5, 5.41) is 3.67. The first-order valence-electron chi connectivity index (χ1n) is 8.38. The topological polar surface area (TPSA) is 24.9 Å². The molecule has 1 unspecified atom stereocenters. The predicted octanol–water partition coefficient (Wildman–Crippen LogP) is 4.38. The van der Waals surface area contributed by atoms with Crippen LogP contribution in [0.5, 0.6) is 0 Å². The molecule has 0 radical (unpaired) electrons. The molecule has 1 aliphatic rings. The molecule has 1 aromatic rings. The zero-order chi connectivity index (χ0) is 14.2. The molecule has 1 aromatic heterocycles. The van der Waals surface area contributed by atoms with E-state index in [1.807, 2.05) is 6.20 Å². The van der Waals surface area contributed by atoms with Gasteiger partial charge in [0.25, 0.3) is 0 Å². The summed E-state index contributed by atoms with van der Waals surface area (Å²) in [6, 6.07) is 4.35. The maximum absolute atomic E-state index is 4.34. The van der Waals surface area contributed by atoms with Gasteiger partial charge in [0.1, 0.15) is 0 Å². The van der Waals surface area contributed by atoms with Crippen molar-refractivity contribution < 1.29 is 0 Å². The fourth-order valence-corrected chi connectivity index (χ4v) is 3.39. The molecule has 2 nitrogen and oxygen atoms in total. The summed E-state index contributed by atoms with van der Waals surface area (Å²) in [4.78, 5) is 4.34. The summed E-state index contributed by atoms with van der Waals surface area (Å²) in [7, 11) is 0. The van der Waals surface area contributed by atoms with Gasteiger partial charge in [0.15, 0.2) is 0 Å². The van der Waals surface area contributed by atoms with Crippen LogP contribution in [0.15, 0.2) is 24.5 Å². The average Bonchev–Trinajstić information content (AvgIpc) is 2.73. The number of aromatic nitrogens is 1. The SMILES string of the molecule is CC(C)CNCC(c1cccnc1)C1CCCCCC1. The number of hydrogen-bond donors (Lipinski definition) is 1. The second-order valence-corrected chi connectivity index (χ2v) is 6.70. The van der Waals surface area contributed by atoms with E-state index in [2.05, 4.69) is 42.5 Å². The summed E-state index contributed by atoms with van der Waals surface area (Å²) in [5.74, 6) is 2.19. The number of nitrogens with one attached hydrogen (secondary N) is 1. The number of nitrogens with zero attached hydrogens (tertiary/aromatic N) is 1. The molecule has 112 valence electrons. The van der Waals surface area contributed by atoms with Crippen molar-refractivity contribution in [3.63, 3.8) is 0 Å². The van der Waals surface area contributed by atoms with E-state index in [1.54, 1.807) is 0 Å². The van der Waals surface area contributed by atoms with Crippen LogP contribution in [0, 0.1) is 11.8 Å². The van der Waals surface area contributed by atoms with E-state index >= 15 is 0 Å². The minimum absolute atomic E-state index is 0.639. The van der Waals surface area contributed by atoms with Crippen LogP contribution in [0.3, 0.4) is 0 Å². The van der Waals surface area contributed by atoms with Crippen molar-refractivity contribution >= 4 is 0 Å². The van der Waals surface area contributed by atoms with Crippen LogP contribution in [-0.2, 0) is 0 Å². The number of pyridine rings is 1.